The molecule has 118 valence electrons. The van der Waals surface area contributed by atoms with Crippen LogP contribution in [0.4, 0.5) is 5.69 Å². The summed E-state index contributed by atoms with van der Waals surface area (Å²) in [7, 11) is 0. The first kappa shape index (κ1) is 17.9. The third kappa shape index (κ3) is 7.55. The highest BCUT2D eigenvalue weighted by atomic mass is 35.5. The second-order valence-electron chi connectivity index (χ2n) is 4.48. The Morgan fingerprint density at radius 1 is 1.32 bits per heavy atom. The van der Waals surface area contributed by atoms with Gasteiger partial charge in [0.05, 0.1) is 6.54 Å². The van der Waals surface area contributed by atoms with Crippen molar-refractivity contribution in [2.75, 3.05) is 25.0 Å². The van der Waals surface area contributed by atoms with Gasteiger partial charge in [-0.15, -0.1) is 6.42 Å². The Kier molecular flexibility index (Phi) is 8.54. The van der Waals surface area contributed by atoms with E-state index in [9.17, 15) is 4.79 Å². The second kappa shape index (κ2) is 10.5. The van der Waals surface area contributed by atoms with Crippen molar-refractivity contribution >= 4 is 29.2 Å². The number of anilines is 1. The van der Waals surface area contributed by atoms with Gasteiger partial charge in [0.1, 0.15) is 0 Å². The average molecular weight is 321 g/mol. The highest BCUT2D eigenvalue weighted by molar-refractivity contribution is 6.30. The summed E-state index contributed by atoms with van der Waals surface area (Å²) in [6.45, 7) is 3.71. The van der Waals surface area contributed by atoms with E-state index in [0.29, 0.717) is 36.9 Å². The number of guanidine groups is 1. The van der Waals surface area contributed by atoms with E-state index in [2.05, 4.69) is 26.9 Å². The number of aliphatic imine (C=N–C) groups is 1. The molecule has 0 radical (unpaired) electrons. The largest absolute Gasteiger partial charge is 0.357 e. The van der Waals surface area contributed by atoms with E-state index in [0.717, 1.165) is 12.2 Å². The molecule has 0 fully saturated rings. The van der Waals surface area contributed by atoms with E-state index in [1.165, 1.54) is 0 Å². The standard InChI is InChI=1S/C16H21ClN4O/c1-3-11-19-16(18-4-2)20-12-5-6-15(22)21-14-9-7-13(17)8-10-14/h1,7-10H,4-6,11-12H2,2H3,(H,21,22)(H2,18,19,20). The van der Waals surface area contributed by atoms with E-state index in [-0.39, 0.29) is 5.91 Å². The molecular weight excluding hydrogens is 300 g/mol. The van der Waals surface area contributed by atoms with Gasteiger partial charge in [0.15, 0.2) is 5.96 Å². The summed E-state index contributed by atoms with van der Waals surface area (Å²) < 4.78 is 0. The van der Waals surface area contributed by atoms with Crippen molar-refractivity contribution in [1.29, 1.82) is 0 Å². The predicted octanol–water partition coefficient (Wildman–Crippen LogP) is 2.25. The number of nitrogens with zero attached hydrogens (tertiary/aromatic N) is 1. The van der Waals surface area contributed by atoms with Gasteiger partial charge in [0, 0.05) is 30.2 Å². The van der Waals surface area contributed by atoms with Gasteiger partial charge >= 0.3 is 0 Å². The summed E-state index contributed by atoms with van der Waals surface area (Å²) >= 11 is 5.79. The maximum Gasteiger partial charge on any atom is 0.224 e. The molecule has 0 unspecified atom stereocenters. The number of hydrogen-bond donors (Lipinski definition) is 3. The Morgan fingerprint density at radius 2 is 2.05 bits per heavy atom. The molecule has 0 aliphatic heterocycles. The molecule has 0 aliphatic rings. The maximum atomic E-state index is 11.8. The van der Waals surface area contributed by atoms with Crippen molar-refractivity contribution in [2.45, 2.75) is 19.8 Å². The van der Waals surface area contributed by atoms with Crippen LogP contribution >= 0.6 is 11.6 Å². The van der Waals surface area contributed by atoms with Crippen LogP contribution in [-0.4, -0.2) is 31.5 Å². The molecule has 1 aromatic carbocycles. The molecule has 0 aromatic heterocycles. The lowest BCUT2D eigenvalue weighted by atomic mass is 10.2. The number of terminal acetylenes is 1. The maximum absolute atomic E-state index is 11.8. The van der Waals surface area contributed by atoms with E-state index in [1.54, 1.807) is 24.3 Å². The third-order valence-corrected chi connectivity index (χ3v) is 2.91. The molecule has 6 heteroatoms. The molecule has 5 nitrogen and oxygen atoms in total. The van der Waals surface area contributed by atoms with Crippen LogP contribution in [0.3, 0.4) is 0 Å². The van der Waals surface area contributed by atoms with Crippen LogP contribution in [0.2, 0.25) is 5.02 Å². The minimum absolute atomic E-state index is 0.0425. The number of amides is 1. The molecule has 3 N–H and O–H groups in total. The summed E-state index contributed by atoms with van der Waals surface area (Å²) in [5, 5.41) is 9.53. The molecular formula is C16H21ClN4O. The second-order valence-corrected chi connectivity index (χ2v) is 4.91. The predicted molar refractivity (Wildman–Crippen MR) is 92.1 cm³/mol. The molecule has 0 bridgehead atoms. The van der Waals surface area contributed by atoms with Crippen LogP contribution < -0.4 is 16.0 Å². The Hall–Kier alpha value is -2.19. The minimum Gasteiger partial charge on any atom is -0.357 e. The molecule has 0 aliphatic carbocycles. The van der Waals surface area contributed by atoms with Crippen LogP contribution in [0.25, 0.3) is 0 Å². The minimum atomic E-state index is -0.0425. The highest BCUT2D eigenvalue weighted by Gasteiger charge is 2.02. The third-order valence-electron chi connectivity index (χ3n) is 2.66. The number of nitrogens with one attached hydrogen (secondary N) is 3. The van der Waals surface area contributed by atoms with Gasteiger partial charge in [-0.2, -0.15) is 0 Å². The molecule has 1 amide bonds. The zero-order valence-corrected chi connectivity index (χ0v) is 13.4. The fourth-order valence-corrected chi connectivity index (χ4v) is 1.79. The first-order valence-electron chi connectivity index (χ1n) is 7.16. The van der Waals surface area contributed by atoms with Crippen molar-refractivity contribution in [1.82, 2.24) is 10.6 Å². The molecule has 1 aromatic rings. The average Bonchev–Trinajstić information content (AvgIpc) is 2.51. The number of rotatable bonds is 7. The van der Waals surface area contributed by atoms with Crippen molar-refractivity contribution in [3.05, 3.63) is 29.3 Å². The SMILES string of the molecule is C#CCNC(=NCCCC(=O)Nc1ccc(Cl)cc1)NCC. The molecule has 0 saturated heterocycles. The van der Waals surface area contributed by atoms with Crippen LogP contribution in [-0.2, 0) is 4.79 Å². The number of halogens is 1. The van der Waals surface area contributed by atoms with E-state index < -0.39 is 0 Å². The van der Waals surface area contributed by atoms with Crippen molar-refractivity contribution in [3.8, 4) is 12.3 Å². The van der Waals surface area contributed by atoms with Gasteiger partial charge in [0.2, 0.25) is 5.91 Å². The summed E-state index contributed by atoms with van der Waals surface area (Å²) in [5.41, 5.74) is 0.738. The summed E-state index contributed by atoms with van der Waals surface area (Å²) in [6, 6.07) is 7.01. The van der Waals surface area contributed by atoms with Gasteiger partial charge in [0.25, 0.3) is 0 Å². The van der Waals surface area contributed by atoms with Crippen LogP contribution in [0.15, 0.2) is 29.3 Å². The number of carbonyl (C=O) groups is 1. The van der Waals surface area contributed by atoms with E-state index >= 15 is 0 Å². The first-order valence-corrected chi connectivity index (χ1v) is 7.54. The van der Waals surface area contributed by atoms with Crippen molar-refractivity contribution in [2.24, 2.45) is 4.99 Å². The zero-order chi connectivity index (χ0) is 16.2. The fraction of sp³-hybridized carbons (Fsp3) is 0.375. The van der Waals surface area contributed by atoms with Gasteiger partial charge in [-0.05, 0) is 37.6 Å². The Morgan fingerprint density at radius 3 is 2.68 bits per heavy atom. The molecule has 0 atom stereocenters. The molecule has 0 saturated carbocycles. The molecule has 1 rings (SSSR count). The van der Waals surface area contributed by atoms with Gasteiger partial charge in [-0.1, -0.05) is 17.5 Å². The van der Waals surface area contributed by atoms with Crippen molar-refractivity contribution < 1.29 is 4.79 Å². The number of hydrogen-bond acceptors (Lipinski definition) is 2. The number of carbonyl (C=O) groups excluding carboxylic acids is 1. The normalized spacial score (nSPS) is 10.7. The summed E-state index contributed by atoms with van der Waals surface area (Å²) in [6.07, 6.45) is 6.26. The number of benzene rings is 1. The Balaban J connectivity index is 2.31. The zero-order valence-electron chi connectivity index (χ0n) is 12.7. The topological polar surface area (TPSA) is 65.5 Å². The lowest BCUT2D eigenvalue weighted by Crippen LogP contribution is -2.37. The Bertz CT molecular complexity index is 534. The fourth-order valence-electron chi connectivity index (χ4n) is 1.66. The van der Waals surface area contributed by atoms with Crippen molar-refractivity contribution in [3.63, 3.8) is 0 Å². The Labute approximate surface area is 136 Å². The molecule has 0 heterocycles. The molecule has 22 heavy (non-hydrogen) atoms. The van der Waals surface area contributed by atoms with E-state index in [4.69, 9.17) is 18.0 Å². The van der Waals surface area contributed by atoms with E-state index in [1.807, 2.05) is 6.92 Å². The summed E-state index contributed by atoms with van der Waals surface area (Å²) in [5.74, 6) is 3.11. The monoisotopic (exact) mass is 320 g/mol. The van der Waals surface area contributed by atoms with Crippen LogP contribution in [0.5, 0.6) is 0 Å². The molecule has 0 spiro atoms. The highest BCUT2D eigenvalue weighted by Crippen LogP contribution is 2.13. The van der Waals surface area contributed by atoms with Gasteiger partial charge in [-0.25, -0.2) is 0 Å². The van der Waals surface area contributed by atoms with Gasteiger partial charge < -0.3 is 16.0 Å². The summed E-state index contributed by atoms with van der Waals surface area (Å²) in [4.78, 5) is 16.1. The lowest BCUT2D eigenvalue weighted by Gasteiger charge is -2.08. The first-order chi connectivity index (χ1) is 10.7. The van der Waals surface area contributed by atoms with Crippen LogP contribution in [0, 0.1) is 12.3 Å². The lowest BCUT2D eigenvalue weighted by molar-refractivity contribution is -0.116. The van der Waals surface area contributed by atoms with Crippen LogP contribution in [0.1, 0.15) is 19.8 Å². The smallest absolute Gasteiger partial charge is 0.224 e. The quantitative estimate of drug-likeness (QED) is 0.312. The van der Waals surface area contributed by atoms with Gasteiger partial charge in [-0.3, -0.25) is 9.79 Å².